The predicted octanol–water partition coefficient (Wildman–Crippen LogP) is 5.61. The molecule has 5 nitrogen and oxygen atoms in total. The van der Waals surface area contributed by atoms with Crippen molar-refractivity contribution in [3.63, 3.8) is 0 Å². The van der Waals surface area contributed by atoms with Gasteiger partial charge in [0.25, 0.3) is 0 Å². The standard InChI is InChI=1S/C21H21NO4S/c1-21(2,3)26-19(23)18-12-15-11-16(9-10-17(15)27-18)22-20(24)25-13-14-7-5-4-6-8-14/h4-12H,13H2,1-3H3,(H,22,24). The maximum absolute atomic E-state index is 12.2. The summed E-state index contributed by atoms with van der Waals surface area (Å²) in [4.78, 5) is 24.7. The zero-order valence-electron chi connectivity index (χ0n) is 15.4. The third-order valence-electron chi connectivity index (χ3n) is 3.58. The number of esters is 1. The van der Waals surface area contributed by atoms with Crippen LogP contribution in [0.2, 0.25) is 0 Å². The topological polar surface area (TPSA) is 64.6 Å². The quantitative estimate of drug-likeness (QED) is 0.595. The molecule has 6 heteroatoms. The summed E-state index contributed by atoms with van der Waals surface area (Å²) in [7, 11) is 0. The van der Waals surface area contributed by atoms with Gasteiger partial charge in [0.15, 0.2) is 0 Å². The van der Waals surface area contributed by atoms with E-state index >= 15 is 0 Å². The number of carbonyl (C=O) groups excluding carboxylic acids is 2. The molecule has 0 spiro atoms. The van der Waals surface area contributed by atoms with Crippen LogP contribution >= 0.6 is 11.3 Å². The third kappa shape index (κ3) is 5.31. The molecule has 0 aliphatic carbocycles. The van der Waals surface area contributed by atoms with E-state index in [9.17, 15) is 9.59 Å². The maximum Gasteiger partial charge on any atom is 0.411 e. The van der Waals surface area contributed by atoms with Crippen LogP contribution in [0.15, 0.2) is 54.6 Å². The molecule has 0 bridgehead atoms. The molecule has 0 unspecified atom stereocenters. The van der Waals surface area contributed by atoms with Gasteiger partial charge in [-0.1, -0.05) is 30.3 Å². The molecule has 140 valence electrons. The predicted molar refractivity (Wildman–Crippen MR) is 107 cm³/mol. The first-order chi connectivity index (χ1) is 12.8. The fourth-order valence-electron chi connectivity index (χ4n) is 2.43. The van der Waals surface area contributed by atoms with Gasteiger partial charge in [-0.2, -0.15) is 0 Å². The molecular formula is C21H21NO4S. The van der Waals surface area contributed by atoms with Gasteiger partial charge in [0.05, 0.1) is 0 Å². The van der Waals surface area contributed by atoms with Crippen LogP contribution in [-0.4, -0.2) is 17.7 Å². The Morgan fingerprint density at radius 3 is 2.48 bits per heavy atom. The van der Waals surface area contributed by atoms with Crippen molar-refractivity contribution >= 4 is 39.2 Å². The van der Waals surface area contributed by atoms with Crippen LogP contribution in [0.5, 0.6) is 0 Å². The van der Waals surface area contributed by atoms with Crippen LogP contribution in [-0.2, 0) is 16.1 Å². The molecule has 1 amide bonds. The number of fused-ring (bicyclic) bond motifs is 1. The normalized spacial score (nSPS) is 11.2. The number of nitrogens with one attached hydrogen (secondary N) is 1. The average molecular weight is 383 g/mol. The molecule has 1 N–H and O–H groups in total. The molecule has 27 heavy (non-hydrogen) atoms. The van der Waals surface area contributed by atoms with Gasteiger partial charge in [-0.15, -0.1) is 11.3 Å². The Labute approximate surface area is 161 Å². The average Bonchev–Trinajstić information content (AvgIpc) is 3.03. The van der Waals surface area contributed by atoms with E-state index in [2.05, 4.69) is 5.32 Å². The molecule has 3 rings (SSSR count). The van der Waals surface area contributed by atoms with E-state index in [-0.39, 0.29) is 12.6 Å². The van der Waals surface area contributed by atoms with Gasteiger partial charge in [0, 0.05) is 10.4 Å². The highest BCUT2D eigenvalue weighted by molar-refractivity contribution is 7.20. The van der Waals surface area contributed by atoms with Crippen molar-refractivity contribution in [3.8, 4) is 0 Å². The number of anilines is 1. The van der Waals surface area contributed by atoms with Gasteiger partial charge < -0.3 is 9.47 Å². The van der Waals surface area contributed by atoms with Gasteiger partial charge in [-0.3, -0.25) is 5.32 Å². The summed E-state index contributed by atoms with van der Waals surface area (Å²) in [5.74, 6) is -0.347. The monoisotopic (exact) mass is 383 g/mol. The van der Waals surface area contributed by atoms with E-state index in [1.165, 1.54) is 11.3 Å². The zero-order chi connectivity index (χ0) is 19.4. The highest BCUT2D eigenvalue weighted by Crippen LogP contribution is 2.29. The molecule has 0 saturated heterocycles. The number of rotatable bonds is 4. The Morgan fingerprint density at radius 1 is 1.04 bits per heavy atom. The number of hydrogen-bond acceptors (Lipinski definition) is 5. The van der Waals surface area contributed by atoms with Gasteiger partial charge in [0.1, 0.15) is 17.1 Å². The van der Waals surface area contributed by atoms with E-state index in [4.69, 9.17) is 9.47 Å². The van der Waals surface area contributed by atoms with Crippen LogP contribution in [0.3, 0.4) is 0 Å². The number of thiophene rings is 1. The lowest BCUT2D eigenvalue weighted by molar-refractivity contribution is 0.00752. The summed E-state index contributed by atoms with van der Waals surface area (Å²) in [6.45, 7) is 5.71. The first-order valence-electron chi connectivity index (χ1n) is 8.55. The molecule has 1 heterocycles. The maximum atomic E-state index is 12.2. The molecule has 0 aliphatic rings. The van der Waals surface area contributed by atoms with Gasteiger partial charge >= 0.3 is 12.1 Å². The number of ether oxygens (including phenoxy) is 2. The molecule has 0 saturated carbocycles. The van der Waals surface area contributed by atoms with Crippen LogP contribution in [0.25, 0.3) is 10.1 Å². The summed E-state index contributed by atoms with van der Waals surface area (Å²) in [5.41, 5.74) is 0.986. The largest absolute Gasteiger partial charge is 0.456 e. The van der Waals surface area contributed by atoms with E-state index in [0.29, 0.717) is 10.6 Å². The van der Waals surface area contributed by atoms with Crippen LogP contribution in [0, 0.1) is 0 Å². The van der Waals surface area contributed by atoms with Gasteiger partial charge in [-0.25, -0.2) is 9.59 Å². The van der Waals surface area contributed by atoms with Gasteiger partial charge in [-0.05, 0) is 56.0 Å². The minimum atomic E-state index is -0.539. The van der Waals surface area contributed by atoms with Crippen LogP contribution in [0.1, 0.15) is 36.0 Å². The second-order valence-corrected chi connectivity index (χ2v) is 8.14. The van der Waals surface area contributed by atoms with Crippen molar-refractivity contribution in [2.24, 2.45) is 0 Å². The molecule has 0 aliphatic heterocycles. The lowest BCUT2D eigenvalue weighted by Gasteiger charge is -2.18. The second-order valence-electron chi connectivity index (χ2n) is 7.05. The summed E-state index contributed by atoms with van der Waals surface area (Å²) in [5, 5.41) is 3.57. The number of benzene rings is 2. The minimum Gasteiger partial charge on any atom is -0.456 e. The number of hydrogen-bond donors (Lipinski definition) is 1. The van der Waals surface area contributed by atoms with Crippen molar-refractivity contribution in [2.75, 3.05) is 5.32 Å². The number of carbonyl (C=O) groups is 2. The highest BCUT2D eigenvalue weighted by atomic mass is 32.1. The second kappa shape index (κ2) is 7.80. The summed E-state index contributed by atoms with van der Waals surface area (Å²) in [6, 6.07) is 16.7. The first-order valence-corrected chi connectivity index (χ1v) is 9.36. The Bertz CT molecular complexity index is 957. The molecule has 3 aromatic rings. The van der Waals surface area contributed by atoms with Crippen molar-refractivity contribution < 1.29 is 19.1 Å². The SMILES string of the molecule is CC(C)(C)OC(=O)c1cc2cc(NC(=O)OCc3ccccc3)ccc2s1. The molecule has 0 radical (unpaired) electrons. The van der Waals surface area contributed by atoms with Gasteiger partial charge in [0.2, 0.25) is 0 Å². The lowest BCUT2D eigenvalue weighted by atomic mass is 10.2. The first kappa shape index (κ1) is 18.9. The molecule has 2 aromatic carbocycles. The summed E-state index contributed by atoms with van der Waals surface area (Å²) >= 11 is 1.36. The molecule has 1 aromatic heterocycles. The zero-order valence-corrected chi connectivity index (χ0v) is 16.3. The minimum absolute atomic E-state index is 0.205. The third-order valence-corrected chi connectivity index (χ3v) is 4.67. The van der Waals surface area contributed by atoms with Crippen molar-refractivity contribution in [1.29, 1.82) is 0 Å². The fourth-order valence-corrected chi connectivity index (χ4v) is 3.35. The lowest BCUT2D eigenvalue weighted by Crippen LogP contribution is -2.23. The Kier molecular flexibility index (Phi) is 5.46. The van der Waals surface area contributed by atoms with E-state index in [1.54, 1.807) is 12.1 Å². The summed E-state index contributed by atoms with van der Waals surface area (Å²) < 4.78 is 11.6. The van der Waals surface area contributed by atoms with Crippen LogP contribution in [0.4, 0.5) is 10.5 Å². The number of amides is 1. The van der Waals surface area contributed by atoms with E-state index in [1.807, 2.05) is 63.2 Å². The molecule has 0 atom stereocenters. The van der Waals surface area contributed by atoms with E-state index < -0.39 is 11.7 Å². The van der Waals surface area contributed by atoms with Crippen molar-refractivity contribution in [3.05, 3.63) is 65.0 Å². The molecule has 0 fully saturated rings. The van der Waals surface area contributed by atoms with Crippen LogP contribution < -0.4 is 5.32 Å². The Morgan fingerprint density at radius 2 is 1.78 bits per heavy atom. The van der Waals surface area contributed by atoms with Crippen molar-refractivity contribution in [1.82, 2.24) is 0 Å². The summed E-state index contributed by atoms with van der Waals surface area (Å²) in [6.07, 6.45) is -0.527. The Balaban J connectivity index is 1.65. The highest BCUT2D eigenvalue weighted by Gasteiger charge is 2.19. The Hall–Kier alpha value is -2.86. The van der Waals surface area contributed by atoms with Crippen molar-refractivity contribution in [2.45, 2.75) is 33.0 Å². The molecular weight excluding hydrogens is 362 g/mol. The smallest absolute Gasteiger partial charge is 0.411 e. The van der Waals surface area contributed by atoms with E-state index in [0.717, 1.165) is 15.6 Å². The fraction of sp³-hybridized carbons (Fsp3) is 0.238.